The van der Waals surface area contributed by atoms with Crippen LogP contribution >= 0.6 is 0 Å². The number of halogens is 1. The Labute approximate surface area is 117 Å². The van der Waals surface area contributed by atoms with Crippen LogP contribution in [0, 0.1) is 12.7 Å². The highest BCUT2D eigenvalue weighted by Gasteiger charge is 2.07. The number of nitrogens with one attached hydrogen (secondary N) is 1. The molecule has 0 unspecified atom stereocenters. The zero-order valence-corrected chi connectivity index (χ0v) is 12.0. The molecule has 20 heavy (non-hydrogen) atoms. The summed E-state index contributed by atoms with van der Waals surface area (Å²) in [6.45, 7) is 2.15. The summed E-state index contributed by atoms with van der Waals surface area (Å²) in [6, 6.07) is 8.10. The highest BCUT2D eigenvalue weighted by atomic mass is 32.2. The molecule has 1 heterocycles. The maximum Gasteiger partial charge on any atom is 0.192 e. The van der Waals surface area contributed by atoms with Crippen LogP contribution in [-0.4, -0.2) is 19.7 Å². The van der Waals surface area contributed by atoms with Crippen LogP contribution in [0.4, 0.5) is 10.1 Å². The van der Waals surface area contributed by atoms with Crippen molar-refractivity contribution in [2.24, 2.45) is 0 Å². The Morgan fingerprint density at radius 1 is 1.25 bits per heavy atom. The Kier molecular flexibility index (Phi) is 4.04. The largest absolute Gasteiger partial charge is 0.380 e. The van der Waals surface area contributed by atoms with Crippen molar-refractivity contribution >= 4 is 15.5 Å². The van der Waals surface area contributed by atoms with Gasteiger partial charge in [-0.15, -0.1) is 0 Å². The third-order valence-corrected chi connectivity index (χ3v) is 3.85. The molecule has 0 spiro atoms. The first-order valence-electron chi connectivity index (χ1n) is 6.01. The minimum atomic E-state index is -3.29. The fourth-order valence-electron chi connectivity index (χ4n) is 1.65. The first-order valence-corrected chi connectivity index (χ1v) is 7.90. The van der Waals surface area contributed by atoms with Gasteiger partial charge < -0.3 is 5.32 Å². The number of hydrogen-bond donors (Lipinski definition) is 1. The van der Waals surface area contributed by atoms with Crippen molar-refractivity contribution in [3.8, 4) is 0 Å². The zero-order valence-electron chi connectivity index (χ0n) is 11.2. The van der Waals surface area contributed by atoms with E-state index in [0.29, 0.717) is 17.8 Å². The smallest absolute Gasteiger partial charge is 0.192 e. The zero-order chi connectivity index (χ0) is 14.8. The summed E-state index contributed by atoms with van der Waals surface area (Å²) in [5.41, 5.74) is 2.09. The molecule has 0 bridgehead atoms. The number of aromatic nitrogens is 1. The summed E-state index contributed by atoms with van der Waals surface area (Å²) in [5.74, 6) is -0.241. The van der Waals surface area contributed by atoms with Gasteiger partial charge in [0, 0.05) is 12.8 Å². The van der Waals surface area contributed by atoms with Crippen LogP contribution in [0.5, 0.6) is 0 Å². The van der Waals surface area contributed by atoms with Gasteiger partial charge in [0.05, 0.1) is 11.9 Å². The lowest BCUT2D eigenvalue weighted by molar-refractivity contribution is 0.598. The Morgan fingerprint density at radius 3 is 2.55 bits per heavy atom. The summed E-state index contributed by atoms with van der Waals surface area (Å²) >= 11 is 0. The summed E-state index contributed by atoms with van der Waals surface area (Å²) in [7, 11) is -3.29. The number of hydrogen-bond acceptors (Lipinski definition) is 4. The van der Waals surface area contributed by atoms with Crippen molar-refractivity contribution in [2.45, 2.75) is 18.5 Å². The van der Waals surface area contributed by atoms with Crippen LogP contribution in [0.15, 0.2) is 41.6 Å². The first-order chi connectivity index (χ1) is 9.36. The molecule has 0 saturated carbocycles. The van der Waals surface area contributed by atoms with Crippen LogP contribution < -0.4 is 5.32 Å². The molecule has 4 nitrogen and oxygen atoms in total. The molecule has 1 aromatic carbocycles. The quantitative estimate of drug-likeness (QED) is 0.941. The topological polar surface area (TPSA) is 59.1 Å². The molecular weight excluding hydrogens is 279 g/mol. The van der Waals surface area contributed by atoms with Crippen molar-refractivity contribution < 1.29 is 12.8 Å². The summed E-state index contributed by atoms with van der Waals surface area (Å²) < 4.78 is 35.9. The minimum absolute atomic E-state index is 0.0319. The Bertz CT molecular complexity index is 712. The number of pyridine rings is 1. The number of rotatable bonds is 4. The van der Waals surface area contributed by atoms with Gasteiger partial charge in [-0.25, -0.2) is 17.8 Å². The Morgan fingerprint density at radius 2 is 2.00 bits per heavy atom. The Hall–Kier alpha value is -1.95. The minimum Gasteiger partial charge on any atom is -0.380 e. The van der Waals surface area contributed by atoms with Gasteiger partial charge in [0.1, 0.15) is 5.82 Å². The number of anilines is 1. The average Bonchev–Trinajstić information content (AvgIpc) is 2.40. The van der Waals surface area contributed by atoms with Crippen LogP contribution in [0.3, 0.4) is 0 Å². The fourth-order valence-corrected chi connectivity index (χ4v) is 2.21. The van der Waals surface area contributed by atoms with E-state index in [1.165, 1.54) is 18.3 Å². The van der Waals surface area contributed by atoms with E-state index in [1.54, 1.807) is 19.1 Å². The third-order valence-electron chi connectivity index (χ3n) is 2.85. The third kappa shape index (κ3) is 3.54. The van der Waals surface area contributed by atoms with Crippen molar-refractivity contribution in [1.82, 2.24) is 4.98 Å². The summed E-state index contributed by atoms with van der Waals surface area (Å²) in [6.07, 6.45) is 2.55. The van der Waals surface area contributed by atoms with Crippen LogP contribution in [0.2, 0.25) is 0 Å². The molecule has 0 atom stereocenters. The molecule has 6 heteroatoms. The molecule has 2 rings (SSSR count). The lowest BCUT2D eigenvalue weighted by atomic mass is 10.1. The van der Waals surface area contributed by atoms with Gasteiger partial charge in [-0.1, -0.05) is 12.1 Å². The monoisotopic (exact) mass is 294 g/mol. The Balaban J connectivity index is 2.06. The number of nitrogens with zero attached hydrogens (tertiary/aromatic N) is 1. The van der Waals surface area contributed by atoms with E-state index < -0.39 is 9.84 Å². The molecule has 1 N–H and O–H groups in total. The standard InChI is InChI=1S/C14H15FN2O2S/c1-10-3-4-11(7-13(10)15)8-16-12-5-6-14(17-9-12)20(2,18)19/h3-7,9,16H,8H2,1-2H3. The lowest BCUT2D eigenvalue weighted by Crippen LogP contribution is -2.03. The van der Waals surface area contributed by atoms with E-state index in [1.807, 2.05) is 6.07 Å². The normalized spacial score (nSPS) is 11.3. The first kappa shape index (κ1) is 14.5. The molecule has 0 fully saturated rings. The van der Waals surface area contributed by atoms with Crippen LogP contribution in [-0.2, 0) is 16.4 Å². The highest BCUT2D eigenvalue weighted by molar-refractivity contribution is 7.90. The van der Waals surface area contributed by atoms with Gasteiger partial charge >= 0.3 is 0 Å². The van der Waals surface area contributed by atoms with Gasteiger partial charge in [0.2, 0.25) is 0 Å². The maximum atomic E-state index is 13.4. The van der Waals surface area contributed by atoms with Gasteiger partial charge in [0.15, 0.2) is 14.9 Å². The van der Waals surface area contributed by atoms with Crippen molar-refractivity contribution in [3.63, 3.8) is 0 Å². The van der Waals surface area contributed by atoms with Crippen LogP contribution in [0.25, 0.3) is 0 Å². The molecular formula is C14H15FN2O2S. The molecule has 0 aliphatic carbocycles. The van der Waals surface area contributed by atoms with Gasteiger partial charge in [-0.05, 0) is 36.2 Å². The SMILES string of the molecule is Cc1ccc(CNc2ccc(S(C)(=O)=O)nc2)cc1F. The van der Waals surface area contributed by atoms with E-state index >= 15 is 0 Å². The number of sulfone groups is 1. The molecule has 2 aromatic rings. The number of benzene rings is 1. The van der Waals surface area contributed by atoms with E-state index in [9.17, 15) is 12.8 Å². The second-order valence-electron chi connectivity index (χ2n) is 4.59. The lowest BCUT2D eigenvalue weighted by Gasteiger charge is -2.07. The number of aryl methyl sites for hydroxylation is 1. The van der Waals surface area contributed by atoms with Gasteiger partial charge in [-0.3, -0.25) is 0 Å². The maximum absolute atomic E-state index is 13.4. The van der Waals surface area contributed by atoms with E-state index in [0.717, 1.165) is 11.8 Å². The van der Waals surface area contributed by atoms with Crippen molar-refractivity contribution in [3.05, 3.63) is 53.5 Å². The second kappa shape index (κ2) is 5.58. The molecule has 0 saturated heterocycles. The van der Waals surface area contributed by atoms with E-state index in [2.05, 4.69) is 10.3 Å². The van der Waals surface area contributed by atoms with Crippen molar-refractivity contribution in [2.75, 3.05) is 11.6 Å². The van der Waals surface area contributed by atoms with Crippen LogP contribution in [0.1, 0.15) is 11.1 Å². The molecule has 0 amide bonds. The van der Waals surface area contributed by atoms with E-state index in [4.69, 9.17) is 0 Å². The van der Waals surface area contributed by atoms with E-state index in [-0.39, 0.29) is 10.8 Å². The predicted octanol–water partition coefficient (Wildman–Crippen LogP) is 2.54. The highest BCUT2D eigenvalue weighted by Crippen LogP contribution is 2.13. The predicted molar refractivity (Wildman–Crippen MR) is 75.8 cm³/mol. The molecule has 1 aromatic heterocycles. The second-order valence-corrected chi connectivity index (χ2v) is 6.56. The van der Waals surface area contributed by atoms with Gasteiger partial charge in [-0.2, -0.15) is 0 Å². The summed E-state index contributed by atoms with van der Waals surface area (Å²) in [5, 5.41) is 3.09. The van der Waals surface area contributed by atoms with Gasteiger partial charge in [0.25, 0.3) is 0 Å². The molecule has 0 aliphatic heterocycles. The molecule has 0 aliphatic rings. The summed E-state index contributed by atoms with van der Waals surface area (Å²) in [4.78, 5) is 3.87. The molecule has 106 valence electrons. The fraction of sp³-hybridized carbons (Fsp3) is 0.214. The van der Waals surface area contributed by atoms with Crippen molar-refractivity contribution in [1.29, 1.82) is 0 Å². The molecule has 0 radical (unpaired) electrons. The average molecular weight is 294 g/mol.